The highest BCUT2D eigenvalue weighted by Gasteiger charge is 2.37. The van der Waals surface area contributed by atoms with Gasteiger partial charge in [0.2, 0.25) is 0 Å². The van der Waals surface area contributed by atoms with Crippen molar-refractivity contribution < 1.29 is 23.5 Å². The minimum atomic E-state index is -0.670. The zero-order valence-corrected chi connectivity index (χ0v) is 16.2. The molecule has 0 unspecified atom stereocenters. The van der Waals surface area contributed by atoms with E-state index in [-0.39, 0.29) is 12.0 Å². The van der Waals surface area contributed by atoms with Crippen LogP contribution in [0.1, 0.15) is 37.0 Å². The molecule has 150 valence electrons. The van der Waals surface area contributed by atoms with Crippen molar-refractivity contribution in [2.24, 2.45) is 0 Å². The third-order valence-electron chi connectivity index (χ3n) is 5.35. The van der Waals surface area contributed by atoms with Gasteiger partial charge in [0.05, 0.1) is 27.0 Å². The Morgan fingerprint density at radius 2 is 1.75 bits per heavy atom. The largest absolute Gasteiger partial charge is 0.493 e. The average Bonchev–Trinajstić information content (AvgIpc) is 3.42. The van der Waals surface area contributed by atoms with Crippen LogP contribution in [0.5, 0.6) is 11.5 Å². The highest BCUT2D eigenvalue weighted by Crippen LogP contribution is 2.43. The average molecular weight is 386 g/mol. The molecule has 1 fully saturated rings. The molecule has 3 rings (SSSR count). The van der Waals surface area contributed by atoms with E-state index in [1.165, 1.54) is 6.26 Å². The van der Waals surface area contributed by atoms with Crippen molar-refractivity contribution in [3.63, 3.8) is 0 Å². The first-order chi connectivity index (χ1) is 13.6. The normalized spacial score (nSPS) is 15.1. The van der Waals surface area contributed by atoms with Crippen molar-refractivity contribution in [3.8, 4) is 11.5 Å². The van der Waals surface area contributed by atoms with Gasteiger partial charge in [-0.25, -0.2) is 0 Å². The van der Waals surface area contributed by atoms with Gasteiger partial charge >= 0.3 is 11.8 Å². The number of nitrogens with one attached hydrogen (secondary N) is 2. The van der Waals surface area contributed by atoms with Gasteiger partial charge in [-0.1, -0.05) is 18.9 Å². The van der Waals surface area contributed by atoms with Crippen molar-refractivity contribution in [3.05, 3.63) is 47.9 Å². The van der Waals surface area contributed by atoms with Gasteiger partial charge in [0.15, 0.2) is 11.5 Å². The van der Waals surface area contributed by atoms with Crippen LogP contribution in [0, 0.1) is 0 Å². The van der Waals surface area contributed by atoms with E-state index >= 15 is 0 Å². The van der Waals surface area contributed by atoms with E-state index in [1.807, 2.05) is 18.2 Å². The first-order valence-electron chi connectivity index (χ1n) is 9.39. The molecular weight excluding hydrogens is 360 g/mol. The number of hydrogen-bond acceptors (Lipinski definition) is 5. The standard InChI is InChI=1S/C21H26N2O5/c1-26-17-8-7-15(12-18(17)27-2)21(9-3-4-10-21)14-23-20(25)19(24)22-13-16-6-5-11-28-16/h5-8,11-12H,3-4,9-10,13-14H2,1-2H3,(H,22,24)(H,23,25). The fourth-order valence-electron chi connectivity index (χ4n) is 3.78. The van der Waals surface area contributed by atoms with Crippen LogP contribution in [0.3, 0.4) is 0 Å². The third-order valence-corrected chi connectivity index (χ3v) is 5.35. The quantitative estimate of drug-likeness (QED) is 0.714. The Morgan fingerprint density at radius 1 is 1.04 bits per heavy atom. The fourth-order valence-corrected chi connectivity index (χ4v) is 3.78. The van der Waals surface area contributed by atoms with Crippen molar-refractivity contribution in [1.29, 1.82) is 0 Å². The molecule has 0 radical (unpaired) electrons. The SMILES string of the molecule is COc1ccc(C2(CNC(=O)C(=O)NCc3ccco3)CCCC2)cc1OC. The summed E-state index contributed by atoms with van der Waals surface area (Å²) in [4.78, 5) is 24.3. The van der Waals surface area contributed by atoms with E-state index in [4.69, 9.17) is 13.9 Å². The monoisotopic (exact) mass is 386 g/mol. The van der Waals surface area contributed by atoms with E-state index in [1.54, 1.807) is 26.4 Å². The minimum absolute atomic E-state index is 0.181. The summed E-state index contributed by atoms with van der Waals surface area (Å²) in [7, 11) is 3.21. The molecule has 1 aromatic heterocycles. The van der Waals surface area contributed by atoms with Crippen LogP contribution in [0.25, 0.3) is 0 Å². The number of ether oxygens (including phenoxy) is 2. The van der Waals surface area contributed by atoms with Gasteiger partial charge in [-0.3, -0.25) is 9.59 Å². The summed E-state index contributed by atoms with van der Waals surface area (Å²) in [6.07, 6.45) is 5.56. The van der Waals surface area contributed by atoms with Gasteiger partial charge in [0, 0.05) is 12.0 Å². The number of amides is 2. The predicted molar refractivity (Wildman–Crippen MR) is 103 cm³/mol. The van der Waals surface area contributed by atoms with Crippen molar-refractivity contribution >= 4 is 11.8 Å². The number of carbonyl (C=O) groups excluding carboxylic acids is 2. The molecule has 2 aromatic rings. The first-order valence-corrected chi connectivity index (χ1v) is 9.39. The molecular formula is C21H26N2O5. The van der Waals surface area contributed by atoms with Crippen LogP contribution in [0.4, 0.5) is 0 Å². The van der Waals surface area contributed by atoms with Crippen molar-refractivity contribution in [2.75, 3.05) is 20.8 Å². The molecule has 2 N–H and O–H groups in total. The van der Waals surface area contributed by atoms with Crippen LogP contribution in [0.15, 0.2) is 41.0 Å². The molecule has 2 amide bonds. The highest BCUT2D eigenvalue weighted by molar-refractivity contribution is 6.35. The molecule has 7 nitrogen and oxygen atoms in total. The Balaban J connectivity index is 1.65. The maximum absolute atomic E-state index is 12.3. The topological polar surface area (TPSA) is 89.8 Å². The summed E-state index contributed by atoms with van der Waals surface area (Å²) >= 11 is 0. The van der Waals surface area contributed by atoms with Gasteiger partial charge < -0.3 is 24.5 Å². The zero-order valence-electron chi connectivity index (χ0n) is 16.2. The summed E-state index contributed by atoms with van der Waals surface area (Å²) in [5.74, 6) is 0.614. The van der Waals surface area contributed by atoms with Crippen LogP contribution < -0.4 is 20.1 Å². The number of furan rings is 1. The molecule has 0 saturated heterocycles. The van der Waals surface area contributed by atoms with Gasteiger partial charge in [0.1, 0.15) is 5.76 Å². The van der Waals surface area contributed by atoms with E-state index in [0.717, 1.165) is 31.2 Å². The number of hydrogen-bond donors (Lipinski definition) is 2. The van der Waals surface area contributed by atoms with Crippen molar-refractivity contribution in [2.45, 2.75) is 37.6 Å². The Hall–Kier alpha value is -2.96. The van der Waals surface area contributed by atoms with E-state index in [0.29, 0.717) is 23.8 Å². The molecule has 1 saturated carbocycles. The maximum atomic E-state index is 12.3. The van der Waals surface area contributed by atoms with Crippen molar-refractivity contribution in [1.82, 2.24) is 10.6 Å². The van der Waals surface area contributed by atoms with E-state index < -0.39 is 11.8 Å². The molecule has 0 atom stereocenters. The van der Waals surface area contributed by atoms with Crippen LogP contribution in [-0.4, -0.2) is 32.6 Å². The van der Waals surface area contributed by atoms with Gasteiger partial charge in [-0.05, 0) is 42.7 Å². The molecule has 0 bridgehead atoms. The molecule has 0 aliphatic heterocycles. The van der Waals surface area contributed by atoms with E-state index in [9.17, 15) is 9.59 Å². The number of benzene rings is 1. The molecule has 1 aliphatic carbocycles. The lowest BCUT2D eigenvalue weighted by Crippen LogP contribution is -2.45. The summed E-state index contributed by atoms with van der Waals surface area (Å²) in [6, 6.07) is 9.33. The number of methoxy groups -OCH3 is 2. The molecule has 28 heavy (non-hydrogen) atoms. The minimum Gasteiger partial charge on any atom is -0.493 e. The fraction of sp³-hybridized carbons (Fsp3) is 0.429. The summed E-state index contributed by atoms with van der Waals surface area (Å²) in [5, 5.41) is 5.37. The Kier molecular flexibility index (Phi) is 6.23. The highest BCUT2D eigenvalue weighted by atomic mass is 16.5. The predicted octanol–water partition coefficient (Wildman–Crippen LogP) is 2.54. The molecule has 1 heterocycles. The number of rotatable bonds is 7. The lowest BCUT2D eigenvalue weighted by molar-refractivity contribution is -0.139. The van der Waals surface area contributed by atoms with Crippen LogP contribution >= 0.6 is 0 Å². The van der Waals surface area contributed by atoms with Crippen LogP contribution in [-0.2, 0) is 21.5 Å². The van der Waals surface area contributed by atoms with Crippen LogP contribution in [0.2, 0.25) is 0 Å². The summed E-state index contributed by atoms with van der Waals surface area (Å²) < 4.78 is 15.9. The molecule has 1 aromatic carbocycles. The third kappa shape index (κ3) is 4.30. The zero-order chi connectivity index (χ0) is 20.0. The lowest BCUT2D eigenvalue weighted by atomic mass is 9.78. The Morgan fingerprint density at radius 3 is 2.39 bits per heavy atom. The lowest BCUT2D eigenvalue weighted by Gasteiger charge is -2.30. The maximum Gasteiger partial charge on any atom is 0.309 e. The number of carbonyl (C=O) groups is 2. The summed E-state index contributed by atoms with van der Waals surface area (Å²) in [5.41, 5.74) is 0.871. The first kappa shape index (κ1) is 19.8. The second kappa shape index (κ2) is 8.82. The molecule has 0 spiro atoms. The smallest absolute Gasteiger partial charge is 0.309 e. The molecule has 7 heteroatoms. The van der Waals surface area contributed by atoms with E-state index in [2.05, 4.69) is 10.6 Å². The van der Waals surface area contributed by atoms with Gasteiger partial charge in [-0.15, -0.1) is 0 Å². The summed E-state index contributed by atoms with van der Waals surface area (Å²) in [6.45, 7) is 0.579. The Bertz CT molecular complexity index is 810. The second-order valence-corrected chi connectivity index (χ2v) is 7.00. The molecule has 1 aliphatic rings. The van der Waals surface area contributed by atoms with Gasteiger partial charge in [-0.2, -0.15) is 0 Å². The van der Waals surface area contributed by atoms with Gasteiger partial charge in [0.25, 0.3) is 0 Å². The Labute approximate surface area is 164 Å². The second-order valence-electron chi connectivity index (χ2n) is 7.00.